The second-order valence-corrected chi connectivity index (χ2v) is 6.09. The summed E-state index contributed by atoms with van der Waals surface area (Å²) in [5.41, 5.74) is 6.44. The summed E-state index contributed by atoms with van der Waals surface area (Å²) in [5.74, 6) is 4.69. The van der Waals surface area contributed by atoms with Gasteiger partial charge in [-0.1, -0.05) is 5.16 Å². The summed E-state index contributed by atoms with van der Waals surface area (Å²) in [5, 5.41) is 3.69. The molecule has 3 rings (SSSR count). The van der Waals surface area contributed by atoms with Gasteiger partial charge in [-0.15, -0.1) is 0 Å². The van der Waals surface area contributed by atoms with Crippen molar-refractivity contribution in [3.63, 3.8) is 0 Å². The highest BCUT2D eigenvalue weighted by molar-refractivity contribution is 7.99. The molecule has 6 heteroatoms. The van der Waals surface area contributed by atoms with Gasteiger partial charge in [0.15, 0.2) is 23.1 Å². The van der Waals surface area contributed by atoms with Gasteiger partial charge in [-0.2, -0.15) is 11.8 Å². The summed E-state index contributed by atoms with van der Waals surface area (Å²) in [4.78, 5) is 0. The highest BCUT2D eigenvalue weighted by Gasteiger charge is 2.18. The molecule has 0 amide bonds. The first kappa shape index (κ1) is 14.1. The third-order valence-electron chi connectivity index (χ3n) is 3.39. The summed E-state index contributed by atoms with van der Waals surface area (Å²) in [6.45, 7) is 0. The molecule has 0 radical (unpaired) electrons. The molecule has 0 aliphatic carbocycles. The topological polar surface area (TPSA) is 70.5 Å². The van der Waals surface area contributed by atoms with E-state index in [-0.39, 0.29) is 6.10 Å². The van der Waals surface area contributed by atoms with Crippen LogP contribution in [0.15, 0.2) is 28.8 Å². The highest BCUT2D eigenvalue weighted by atomic mass is 32.2. The minimum absolute atomic E-state index is 0.254. The van der Waals surface area contributed by atoms with Crippen LogP contribution in [0.3, 0.4) is 0 Å². The lowest BCUT2D eigenvalue weighted by Gasteiger charge is -2.23. The first-order chi connectivity index (χ1) is 10.3. The van der Waals surface area contributed by atoms with Crippen LogP contribution >= 0.6 is 11.8 Å². The molecule has 2 heterocycles. The maximum absolute atomic E-state index is 6.06. The normalized spacial score (nSPS) is 18.4. The van der Waals surface area contributed by atoms with Gasteiger partial charge in [0.05, 0.1) is 7.11 Å². The van der Waals surface area contributed by atoms with Crippen LogP contribution in [0.5, 0.6) is 11.5 Å². The van der Waals surface area contributed by atoms with Crippen LogP contribution in [0.1, 0.15) is 12.8 Å². The average molecular weight is 306 g/mol. The van der Waals surface area contributed by atoms with E-state index in [2.05, 4.69) is 5.16 Å². The highest BCUT2D eigenvalue weighted by Crippen LogP contribution is 2.35. The Bertz CT molecular complexity index is 609. The molecule has 1 saturated heterocycles. The van der Waals surface area contributed by atoms with Crippen molar-refractivity contribution >= 4 is 17.6 Å². The fourth-order valence-corrected chi connectivity index (χ4v) is 3.36. The Labute approximate surface area is 127 Å². The minimum atomic E-state index is 0.254. The van der Waals surface area contributed by atoms with E-state index in [0.717, 1.165) is 23.5 Å². The van der Waals surface area contributed by atoms with Crippen LogP contribution in [-0.2, 0) is 0 Å². The molecule has 1 atom stereocenters. The summed E-state index contributed by atoms with van der Waals surface area (Å²) in [7, 11) is 1.64. The van der Waals surface area contributed by atoms with Crippen molar-refractivity contribution in [3.05, 3.63) is 24.3 Å². The van der Waals surface area contributed by atoms with Crippen molar-refractivity contribution < 1.29 is 14.0 Å². The number of nitrogens with zero attached hydrogens (tertiary/aromatic N) is 1. The smallest absolute Gasteiger partial charge is 0.169 e. The van der Waals surface area contributed by atoms with Crippen LogP contribution in [-0.4, -0.2) is 29.9 Å². The summed E-state index contributed by atoms with van der Waals surface area (Å²) in [6.07, 6.45) is 2.55. The van der Waals surface area contributed by atoms with E-state index in [4.69, 9.17) is 19.7 Å². The Morgan fingerprint density at radius 2 is 2.24 bits per heavy atom. The van der Waals surface area contributed by atoms with Gasteiger partial charge in [0.2, 0.25) is 0 Å². The molecule has 0 saturated carbocycles. The first-order valence-corrected chi connectivity index (χ1v) is 8.07. The lowest BCUT2D eigenvalue weighted by atomic mass is 10.1. The Hall–Kier alpha value is -1.82. The maximum Gasteiger partial charge on any atom is 0.169 e. The predicted octanol–water partition coefficient (Wildman–Crippen LogP) is 3.21. The number of methoxy groups -OCH3 is 1. The van der Waals surface area contributed by atoms with Crippen molar-refractivity contribution in [1.29, 1.82) is 0 Å². The predicted molar refractivity (Wildman–Crippen MR) is 83.9 cm³/mol. The molecular formula is C15H18N2O3S. The van der Waals surface area contributed by atoms with Crippen molar-refractivity contribution in [1.82, 2.24) is 5.16 Å². The lowest BCUT2D eigenvalue weighted by molar-refractivity contribution is 0.202. The largest absolute Gasteiger partial charge is 0.493 e. The van der Waals surface area contributed by atoms with Crippen LogP contribution < -0.4 is 15.2 Å². The number of hydrogen-bond donors (Lipinski definition) is 1. The Morgan fingerprint density at radius 3 is 2.90 bits per heavy atom. The van der Waals surface area contributed by atoms with E-state index in [0.29, 0.717) is 17.3 Å². The molecule has 2 aromatic rings. The van der Waals surface area contributed by atoms with Gasteiger partial charge >= 0.3 is 0 Å². The average Bonchev–Trinajstić information content (AvgIpc) is 2.95. The van der Waals surface area contributed by atoms with Crippen LogP contribution in [0.25, 0.3) is 11.3 Å². The lowest BCUT2D eigenvalue weighted by Crippen LogP contribution is -2.23. The number of rotatable bonds is 4. The number of nitrogens with two attached hydrogens (primary N) is 1. The van der Waals surface area contributed by atoms with E-state index in [1.807, 2.05) is 30.0 Å². The Kier molecular flexibility index (Phi) is 4.24. The van der Waals surface area contributed by atoms with E-state index < -0.39 is 0 Å². The quantitative estimate of drug-likeness (QED) is 0.935. The number of thioether (sulfide) groups is 1. The molecule has 1 aliphatic heterocycles. The zero-order valence-corrected chi connectivity index (χ0v) is 12.7. The Morgan fingerprint density at radius 1 is 1.33 bits per heavy atom. The number of hydrogen-bond acceptors (Lipinski definition) is 6. The van der Waals surface area contributed by atoms with E-state index in [9.17, 15) is 0 Å². The molecule has 1 unspecified atom stereocenters. The third-order valence-corrected chi connectivity index (χ3v) is 4.57. The van der Waals surface area contributed by atoms with Crippen LogP contribution in [0.4, 0.5) is 5.82 Å². The zero-order valence-electron chi connectivity index (χ0n) is 11.9. The van der Waals surface area contributed by atoms with Crippen molar-refractivity contribution in [2.24, 2.45) is 0 Å². The standard InChI is InChI=1S/C15H18N2O3S/c1-18-14-7-10(13-8-15(16)17-20-13)4-5-12(14)19-11-3-2-6-21-9-11/h4-5,7-8,11H,2-3,6,9H2,1H3,(H2,16,17). The minimum Gasteiger partial charge on any atom is -0.493 e. The summed E-state index contributed by atoms with van der Waals surface area (Å²) in [6, 6.07) is 7.40. The molecule has 5 nitrogen and oxygen atoms in total. The molecule has 112 valence electrons. The molecule has 21 heavy (non-hydrogen) atoms. The molecule has 1 aliphatic rings. The molecule has 0 spiro atoms. The van der Waals surface area contributed by atoms with Gasteiger partial charge in [0, 0.05) is 17.4 Å². The summed E-state index contributed by atoms with van der Waals surface area (Å²) >= 11 is 1.94. The number of aromatic nitrogens is 1. The molecule has 2 N–H and O–H groups in total. The molecule has 1 aromatic carbocycles. The number of benzene rings is 1. The molecule has 1 fully saturated rings. The van der Waals surface area contributed by atoms with Crippen LogP contribution in [0.2, 0.25) is 0 Å². The van der Waals surface area contributed by atoms with Gasteiger partial charge in [0.25, 0.3) is 0 Å². The molecular weight excluding hydrogens is 288 g/mol. The monoisotopic (exact) mass is 306 g/mol. The van der Waals surface area contributed by atoms with Gasteiger partial charge in [-0.25, -0.2) is 0 Å². The van der Waals surface area contributed by atoms with Crippen molar-refractivity contribution in [2.45, 2.75) is 18.9 Å². The second kappa shape index (κ2) is 6.30. The van der Waals surface area contributed by atoms with Crippen LogP contribution in [0, 0.1) is 0 Å². The first-order valence-electron chi connectivity index (χ1n) is 6.91. The second-order valence-electron chi connectivity index (χ2n) is 4.94. The van der Waals surface area contributed by atoms with Gasteiger partial charge in [0.1, 0.15) is 6.10 Å². The number of ether oxygens (including phenoxy) is 2. The van der Waals surface area contributed by atoms with E-state index >= 15 is 0 Å². The SMILES string of the molecule is COc1cc(-c2cc(N)no2)ccc1OC1CCCSC1. The fraction of sp³-hybridized carbons (Fsp3) is 0.400. The van der Waals surface area contributed by atoms with Gasteiger partial charge < -0.3 is 19.7 Å². The van der Waals surface area contributed by atoms with E-state index in [1.165, 1.54) is 12.2 Å². The molecule has 1 aromatic heterocycles. The zero-order chi connectivity index (χ0) is 14.7. The van der Waals surface area contributed by atoms with Crippen molar-refractivity contribution in [3.8, 4) is 22.8 Å². The number of anilines is 1. The molecule has 0 bridgehead atoms. The fourth-order valence-electron chi connectivity index (χ4n) is 2.33. The Balaban J connectivity index is 1.81. The van der Waals surface area contributed by atoms with Crippen molar-refractivity contribution in [2.75, 3.05) is 24.3 Å². The summed E-state index contributed by atoms with van der Waals surface area (Å²) < 4.78 is 16.7. The van der Waals surface area contributed by atoms with Gasteiger partial charge in [-0.05, 0) is 36.8 Å². The third kappa shape index (κ3) is 3.26. The maximum atomic E-state index is 6.06. The van der Waals surface area contributed by atoms with E-state index in [1.54, 1.807) is 13.2 Å². The number of nitrogen functional groups attached to an aromatic ring is 1. The van der Waals surface area contributed by atoms with Gasteiger partial charge in [-0.3, -0.25) is 0 Å².